The first-order valence-corrected chi connectivity index (χ1v) is 7.30. The Balaban J connectivity index is 1.83. The molecular formula is C12H16IN3O. The zero-order chi connectivity index (χ0) is 11.8. The number of halogens is 1. The Hall–Kier alpha value is -0.590. The lowest BCUT2D eigenvalue weighted by Gasteiger charge is -2.24. The first kappa shape index (κ1) is 11.5. The number of H-pyrrole nitrogens is 1. The van der Waals surface area contributed by atoms with Gasteiger partial charge < -0.3 is 9.88 Å². The highest BCUT2D eigenvalue weighted by Gasteiger charge is 2.30. The van der Waals surface area contributed by atoms with Crippen LogP contribution in [-0.2, 0) is 0 Å². The predicted molar refractivity (Wildman–Crippen MR) is 75.2 cm³/mol. The van der Waals surface area contributed by atoms with Gasteiger partial charge in [0.25, 0.3) is 5.56 Å². The molecular weight excluding hydrogens is 329 g/mol. The third-order valence-corrected chi connectivity index (χ3v) is 4.40. The maximum Gasteiger partial charge on any atom is 0.266 e. The molecule has 92 valence electrons. The monoisotopic (exact) mass is 345 g/mol. The molecule has 2 saturated carbocycles. The van der Waals surface area contributed by atoms with Gasteiger partial charge in [-0.3, -0.25) is 4.79 Å². The van der Waals surface area contributed by atoms with Crippen LogP contribution in [0.25, 0.3) is 0 Å². The summed E-state index contributed by atoms with van der Waals surface area (Å²) in [5.41, 5.74) is -0.0211. The fourth-order valence-corrected chi connectivity index (χ4v) is 2.70. The quantitative estimate of drug-likeness (QED) is 0.831. The second-order valence-electron chi connectivity index (χ2n) is 5.16. The van der Waals surface area contributed by atoms with Gasteiger partial charge in [0, 0.05) is 13.1 Å². The molecule has 1 N–H and O–H groups in total. The molecule has 1 aromatic rings. The highest BCUT2D eigenvalue weighted by molar-refractivity contribution is 14.1. The molecule has 1 aromatic heterocycles. The molecule has 1 heterocycles. The zero-order valence-corrected chi connectivity index (χ0v) is 11.8. The maximum atomic E-state index is 11.6. The summed E-state index contributed by atoms with van der Waals surface area (Å²) in [6.07, 6.45) is 6.86. The van der Waals surface area contributed by atoms with Gasteiger partial charge in [-0.05, 0) is 60.1 Å². The Morgan fingerprint density at radius 1 is 1.29 bits per heavy atom. The van der Waals surface area contributed by atoms with Gasteiger partial charge in [-0.15, -0.1) is 0 Å². The molecule has 0 amide bonds. The van der Waals surface area contributed by atoms with Crippen LogP contribution in [0.4, 0.5) is 5.82 Å². The minimum atomic E-state index is -0.0211. The van der Waals surface area contributed by atoms with E-state index < -0.39 is 0 Å². The number of nitrogens with one attached hydrogen (secondary N) is 1. The van der Waals surface area contributed by atoms with E-state index in [2.05, 4.69) is 37.5 Å². The van der Waals surface area contributed by atoms with Crippen LogP contribution >= 0.6 is 22.6 Å². The predicted octanol–water partition coefficient (Wildman–Crippen LogP) is 2.00. The molecule has 0 spiro atoms. The van der Waals surface area contributed by atoms with E-state index in [1.165, 1.54) is 32.0 Å². The number of hydrogen-bond donors (Lipinski definition) is 1. The average molecular weight is 345 g/mol. The van der Waals surface area contributed by atoms with Gasteiger partial charge in [0.05, 0.1) is 6.33 Å². The summed E-state index contributed by atoms with van der Waals surface area (Å²) in [4.78, 5) is 20.9. The van der Waals surface area contributed by atoms with Gasteiger partial charge in [0.1, 0.15) is 9.39 Å². The molecule has 0 bridgehead atoms. The van der Waals surface area contributed by atoms with E-state index in [4.69, 9.17) is 0 Å². The van der Waals surface area contributed by atoms with Crippen LogP contribution in [0.3, 0.4) is 0 Å². The largest absolute Gasteiger partial charge is 0.355 e. The van der Waals surface area contributed by atoms with Crippen molar-refractivity contribution in [3.8, 4) is 0 Å². The van der Waals surface area contributed by atoms with Gasteiger partial charge in [0.15, 0.2) is 0 Å². The zero-order valence-electron chi connectivity index (χ0n) is 9.66. The fraction of sp³-hybridized carbons (Fsp3) is 0.667. The topological polar surface area (TPSA) is 49.0 Å². The Morgan fingerprint density at radius 3 is 2.41 bits per heavy atom. The molecule has 3 rings (SSSR count). The van der Waals surface area contributed by atoms with Crippen molar-refractivity contribution >= 4 is 28.4 Å². The number of aromatic nitrogens is 2. The van der Waals surface area contributed by atoms with Gasteiger partial charge in [0.2, 0.25) is 0 Å². The number of aromatic amines is 1. The van der Waals surface area contributed by atoms with E-state index in [0.717, 1.165) is 34.3 Å². The second kappa shape index (κ2) is 4.59. The van der Waals surface area contributed by atoms with E-state index in [9.17, 15) is 4.79 Å². The molecule has 0 aromatic carbocycles. The maximum absolute atomic E-state index is 11.6. The molecule has 0 radical (unpaired) electrons. The smallest absolute Gasteiger partial charge is 0.266 e. The van der Waals surface area contributed by atoms with Crippen molar-refractivity contribution in [2.24, 2.45) is 11.8 Å². The highest BCUT2D eigenvalue weighted by Crippen LogP contribution is 2.35. The highest BCUT2D eigenvalue weighted by atomic mass is 127. The van der Waals surface area contributed by atoms with Crippen molar-refractivity contribution in [2.45, 2.75) is 25.7 Å². The SMILES string of the molecule is O=c1[nH]cnc(N(CC2CC2)CC2CC2)c1I. The Bertz CT molecular complexity index is 451. The molecule has 2 aliphatic carbocycles. The lowest BCUT2D eigenvalue weighted by Crippen LogP contribution is -2.31. The molecule has 17 heavy (non-hydrogen) atoms. The van der Waals surface area contributed by atoms with Crippen LogP contribution in [0.1, 0.15) is 25.7 Å². The summed E-state index contributed by atoms with van der Waals surface area (Å²) in [6, 6.07) is 0. The molecule has 0 saturated heterocycles. The van der Waals surface area contributed by atoms with E-state index >= 15 is 0 Å². The number of rotatable bonds is 5. The van der Waals surface area contributed by atoms with Crippen LogP contribution in [0.5, 0.6) is 0 Å². The van der Waals surface area contributed by atoms with Crippen molar-refractivity contribution < 1.29 is 0 Å². The van der Waals surface area contributed by atoms with E-state index in [0.29, 0.717) is 0 Å². The number of anilines is 1. The third-order valence-electron chi connectivity index (χ3n) is 3.43. The Kier molecular flexibility index (Phi) is 3.10. The van der Waals surface area contributed by atoms with Crippen LogP contribution in [0.2, 0.25) is 0 Å². The van der Waals surface area contributed by atoms with Crippen LogP contribution in [0.15, 0.2) is 11.1 Å². The van der Waals surface area contributed by atoms with E-state index in [1.54, 1.807) is 0 Å². The van der Waals surface area contributed by atoms with Gasteiger partial charge in [-0.2, -0.15) is 0 Å². The normalized spacial score (nSPS) is 19.4. The van der Waals surface area contributed by atoms with Crippen molar-refractivity contribution in [1.29, 1.82) is 0 Å². The van der Waals surface area contributed by atoms with E-state index in [1.807, 2.05) is 0 Å². The Labute approximate surface area is 114 Å². The van der Waals surface area contributed by atoms with Crippen molar-refractivity contribution in [1.82, 2.24) is 9.97 Å². The van der Waals surface area contributed by atoms with Gasteiger partial charge >= 0.3 is 0 Å². The first-order chi connectivity index (χ1) is 8.24. The average Bonchev–Trinajstić information content (AvgIpc) is 3.16. The second-order valence-corrected chi connectivity index (χ2v) is 6.24. The summed E-state index contributed by atoms with van der Waals surface area (Å²) in [6.45, 7) is 2.14. The minimum absolute atomic E-state index is 0.0211. The molecule has 2 aliphatic rings. The van der Waals surface area contributed by atoms with Crippen molar-refractivity contribution in [2.75, 3.05) is 18.0 Å². The van der Waals surface area contributed by atoms with Crippen LogP contribution < -0.4 is 10.5 Å². The minimum Gasteiger partial charge on any atom is -0.355 e. The van der Waals surface area contributed by atoms with Crippen LogP contribution in [-0.4, -0.2) is 23.1 Å². The first-order valence-electron chi connectivity index (χ1n) is 6.22. The lowest BCUT2D eigenvalue weighted by molar-refractivity contribution is 0.668. The molecule has 4 nitrogen and oxygen atoms in total. The summed E-state index contributed by atoms with van der Waals surface area (Å²) < 4.78 is 0.728. The third kappa shape index (κ3) is 2.81. The summed E-state index contributed by atoms with van der Waals surface area (Å²) in [5, 5.41) is 0. The molecule has 0 aliphatic heterocycles. The molecule has 2 fully saturated rings. The fourth-order valence-electron chi connectivity index (χ4n) is 2.07. The summed E-state index contributed by atoms with van der Waals surface area (Å²) >= 11 is 2.11. The Morgan fingerprint density at radius 2 is 1.88 bits per heavy atom. The molecule has 0 atom stereocenters. The van der Waals surface area contributed by atoms with Crippen molar-refractivity contribution in [3.05, 3.63) is 20.3 Å². The summed E-state index contributed by atoms with van der Waals surface area (Å²) in [7, 11) is 0. The number of hydrogen-bond acceptors (Lipinski definition) is 3. The van der Waals surface area contributed by atoms with Crippen LogP contribution in [0, 0.1) is 15.4 Å². The van der Waals surface area contributed by atoms with E-state index in [-0.39, 0.29) is 5.56 Å². The molecule has 0 unspecified atom stereocenters. The van der Waals surface area contributed by atoms with Crippen molar-refractivity contribution in [3.63, 3.8) is 0 Å². The van der Waals surface area contributed by atoms with Gasteiger partial charge in [-0.25, -0.2) is 4.98 Å². The number of nitrogens with zero attached hydrogens (tertiary/aromatic N) is 2. The standard InChI is InChI=1S/C12H16IN3O/c13-10-11(14-7-15-12(10)17)16(5-8-1-2-8)6-9-3-4-9/h7-9H,1-6H2,(H,14,15,17). The molecule has 5 heteroatoms. The lowest BCUT2D eigenvalue weighted by atomic mass is 10.3. The van der Waals surface area contributed by atoms with Gasteiger partial charge in [-0.1, -0.05) is 0 Å². The summed E-state index contributed by atoms with van der Waals surface area (Å²) in [5.74, 6) is 2.53.